The molecular weight excluding hydrogens is 212 g/mol. The Bertz CT molecular complexity index is 517. The third kappa shape index (κ3) is 1.80. The van der Waals surface area contributed by atoms with Crippen molar-refractivity contribution in [2.24, 2.45) is 0 Å². The topological polar surface area (TPSA) is 44.1 Å². The summed E-state index contributed by atoms with van der Waals surface area (Å²) >= 11 is 1.43. The van der Waals surface area contributed by atoms with Crippen molar-refractivity contribution in [2.45, 2.75) is 13.0 Å². The lowest BCUT2D eigenvalue weighted by atomic mass is 10.3. The summed E-state index contributed by atoms with van der Waals surface area (Å²) in [6.07, 6.45) is 1.58. The zero-order valence-corrected chi connectivity index (χ0v) is 9.45. The summed E-state index contributed by atoms with van der Waals surface area (Å²) in [5, 5.41) is 1.88. The van der Waals surface area contributed by atoms with Gasteiger partial charge in [-0.2, -0.15) is 0 Å². The minimum absolute atomic E-state index is 0.0135. The predicted molar refractivity (Wildman–Crippen MR) is 60.5 cm³/mol. The molecule has 1 atom stereocenters. The molecule has 0 aromatic carbocycles. The van der Waals surface area contributed by atoms with Crippen molar-refractivity contribution < 1.29 is 4.74 Å². The predicted octanol–water partition coefficient (Wildman–Crippen LogP) is 1.67. The number of fused-ring (bicyclic) bond motifs is 1. The van der Waals surface area contributed by atoms with E-state index >= 15 is 0 Å². The maximum Gasteiger partial charge on any atom is 0.271 e. The van der Waals surface area contributed by atoms with Crippen LogP contribution in [0.1, 0.15) is 13.0 Å². The smallest absolute Gasteiger partial charge is 0.271 e. The molecule has 0 amide bonds. The molecule has 2 heterocycles. The zero-order valence-electron chi connectivity index (χ0n) is 8.64. The summed E-state index contributed by atoms with van der Waals surface area (Å²) in [4.78, 5) is 16.2. The highest BCUT2D eigenvalue weighted by atomic mass is 32.1. The molecule has 0 saturated heterocycles. The molecule has 2 aromatic rings. The molecular formula is C10H12N2O2S. The maximum absolute atomic E-state index is 12.0. The molecule has 0 bridgehead atoms. The fourth-order valence-corrected chi connectivity index (χ4v) is 2.27. The highest BCUT2D eigenvalue weighted by molar-refractivity contribution is 7.17. The van der Waals surface area contributed by atoms with Crippen LogP contribution in [0.5, 0.6) is 0 Å². The Hall–Kier alpha value is -1.20. The largest absolute Gasteiger partial charge is 0.383 e. The number of methoxy groups -OCH3 is 1. The molecule has 2 rings (SSSR count). The van der Waals surface area contributed by atoms with Crippen LogP contribution in [0.15, 0.2) is 22.6 Å². The van der Waals surface area contributed by atoms with Gasteiger partial charge in [0.15, 0.2) is 0 Å². The van der Waals surface area contributed by atoms with Crippen molar-refractivity contribution in [1.29, 1.82) is 0 Å². The maximum atomic E-state index is 12.0. The van der Waals surface area contributed by atoms with Crippen molar-refractivity contribution in [1.82, 2.24) is 9.55 Å². The quantitative estimate of drug-likeness (QED) is 0.796. The van der Waals surface area contributed by atoms with Gasteiger partial charge in [0.05, 0.1) is 24.5 Å². The van der Waals surface area contributed by atoms with Crippen molar-refractivity contribution >= 4 is 21.6 Å². The van der Waals surface area contributed by atoms with Crippen molar-refractivity contribution in [3.8, 4) is 0 Å². The van der Waals surface area contributed by atoms with E-state index in [0.29, 0.717) is 11.3 Å². The van der Waals surface area contributed by atoms with E-state index in [2.05, 4.69) is 4.98 Å². The van der Waals surface area contributed by atoms with Crippen LogP contribution >= 0.6 is 11.3 Å². The molecule has 0 unspecified atom stereocenters. The summed E-state index contributed by atoms with van der Waals surface area (Å²) in [5.74, 6) is 0. The number of hydrogen-bond acceptors (Lipinski definition) is 4. The minimum atomic E-state index is 0.0135. The van der Waals surface area contributed by atoms with Crippen LogP contribution in [0.3, 0.4) is 0 Å². The molecule has 0 radical (unpaired) electrons. The van der Waals surface area contributed by atoms with Crippen LogP contribution in [0.2, 0.25) is 0 Å². The lowest BCUT2D eigenvalue weighted by Crippen LogP contribution is -2.25. The molecule has 0 aliphatic carbocycles. The first-order chi connectivity index (χ1) is 7.24. The molecule has 0 fully saturated rings. The summed E-state index contributed by atoms with van der Waals surface area (Å²) in [6.45, 7) is 2.45. The summed E-state index contributed by atoms with van der Waals surface area (Å²) in [7, 11) is 1.62. The first-order valence-electron chi connectivity index (χ1n) is 4.67. The Morgan fingerprint density at radius 2 is 2.47 bits per heavy atom. The molecule has 2 aromatic heterocycles. The summed E-state index contributed by atoms with van der Waals surface area (Å²) < 4.78 is 7.34. The van der Waals surface area contributed by atoms with Crippen LogP contribution in [-0.2, 0) is 4.74 Å². The lowest BCUT2D eigenvalue weighted by Gasteiger charge is -2.12. The Kier molecular flexibility index (Phi) is 2.83. The van der Waals surface area contributed by atoms with Gasteiger partial charge in [0.25, 0.3) is 5.56 Å². The van der Waals surface area contributed by atoms with E-state index in [4.69, 9.17) is 4.74 Å². The number of aromatic nitrogens is 2. The molecule has 0 saturated carbocycles. The molecule has 0 spiro atoms. The van der Waals surface area contributed by atoms with Gasteiger partial charge in [0.2, 0.25) is 0 Å². The van der Waals surface area contributed by atoms with E-state index in [-0.39, 0.29) is 11.6 Å². The summed E-state index contributed by atoms with van der Waals surface area (Å²) in [6, 6.07) is 1.87. The van der Waals surface area contributed by atoms with Gasteiger partial charge in [-0.1, -0.05) is 0 Å². The van der Waals surface area contributed by atoms with Crippen molar-refractivity contribution in [2.75, 3.05) is 13.7 Å². The normalized spacial score (nSPS) is 13.2. The van der Waals surface area contributed by atoms with Crippen LogP contribution in [0.4, 0.5) is 0 Å². The lowest BCUT2D eigenvalue weighted by molar-refractivity contribution is 0.160. The van der Waals surface area contributed by atoms with Gasteiger partial charge >= 0.3 is 0 Å². The molecule has 80 valence electrons. The van der Waals surface area contributed by atoms with Gasteiger partial charge in [-0.3, -0.25) is 9.36 Å². The molecule has 15 heavy (non-hydrogen) atoms. The number of thiophene rings is 1. The number of ether oxygens (including phenoxy) is 1. The standard InChI is InChI=1S/C10H12N2O2S/c1-7(5-14-2)12-6-11-8-3-4-15-9(8)10(12)13/h3-4,6-7H,5H2,1-2H3/t7-/m0/s1. The van der Waals surface area contributed by atoms with Crippen molar-refractivity contribution in [3.05, 3.63) is 28.1 Å². The van der Waals surface area contributed by atoms with Gasteiger partial charge in [0.1, 0.15) is 4.70 Å². The third-order valence-electron chi connectivity index (χ3n) is 2.28. The van der Waals surface area contributed by atoms with Gasteiger partial charge in [-0.25, -0.2) is 4.98 Å². The monoisotopic (exact) mass is 224 g/mol. The Balaban J connectivity index is 2.52. The average Bonchev–Trinajstić information content (AvgIpc) is 2.67. The molecule has 0 N–H and O–H groups in total. The Labute approximate surface area is 91.1 Å². The molecule has 0 aliphatic rings. The fraction of sp³-hybridized carbons (Fsp3) is 0.400. The van der Waals surface area contributed by atoms with E-state index in [0.717, 1.165) is 5.52 Å². The van der Waals surface area contributed by atoms with E-state index in [1.807, 2.05) is 18.4 Å². The van der Waals surface area contributed by atoms with Gasteiger partial charge in [0, 0.05) is 7.11 Å². The van der Waals surface area contributed by atoms with E-state index in [1.54, 1.807) is 18.0 Å². The second kappa shape index (κ2) is 4.12. The van der Waals surface area contributed by atoms with Crippen LogP contribution in [0, 0.1) is 0 Å². The van der Waals surface area contributed by atoms with E-state index in [9.17, 15) is 4.79 Å². The Morgan fingerprint density at radius 1 is 1.67 bits per heavy atom. The molecule has 5 heteroatoms. The van der Waals surface area contributed by atoms with E-state index < -0.39 is 0 Å². The number of hydrogen-bond donors (Lipinski definition) is 0. The highest BCUT2D eigenvalue weighted by Gasteiger charge is 2.10. The third-order valence-corrected chi connectivity index (χ3v) is 3.17. The first kappa shape index (κ1) is 10.3. The number of nitrogens with zero attached hydrogens (tertiary/aromatic N) is 2. The fourth-order valence-electron chi connectivity index (χ4n) is 1.49. The Morgan fingerprint density at radius 3 is 3.20 bits per heavy atom. The number of rotatable bonds is 3. The minimum Gasteiger partial charge on any atom is -0.383 e. The van der Waals surface area contributed by atoms with Crippen LogP contribution in [0.25, 0.3) is 10.2 Å². The highest BCUT2D eigenvalue weighted by Crippen LogP contribution is 2.14. The molecule has 4 nitrogen and oxygen atoms in total. The second-order valence-corrected chi connectivity index (χ2v) is 4.31. The average molecular weight is 224 g/mol. The van der Waals surface area contributed by atoms with Crippen molar-refractivity contribution in [3.63, 3.8) is 0 Å². The second-order valence-electron chi connectivity index (χ2n) is 3.40. The van der Waals surface area contributed by atoms with Crippen LogP contribution in [-0.4, -0.2) is 23.3 Å². The zero-order chi connectivity index (χ0) is 10.8. The van der Waals surface area contributed by atoms with Crippen LogP contribution < -0.4 is 5.56 Å². The van der Waals surface area contributed by atoms with Gasteiger partial charge in [-0.05, 0) is 18.4 Å². The summed E-state index contributed by atoms with van der Waals surface area (Å²) in [5.41, 5.74) is 0.783. The molecule has 0 aliphatic heterocycles. The van der Waals surface area contributed by atoms with Gasteiger partial charge < -0.3 is 4.74 Å². The SMILES string of the molecule is COC[C@H](C)n1cnc2ccsc2c1=O. The first-order valence-corrected chi connectivity index (χ1v) is 5.55. The van der Waals surface area contributed by atoms with Gasteiger partial charge in [-0.15, -0.1) is 11.3 Å². The van der Waals surface area contributed by atoms with E-state index in [1.165, 1.54) is 11.3 Å².